The number of hydrogen-bond acceptors (Lipinski definition) is 3. The molecule has 1 saturated carbocycles. The average molecular weight is 267 g/mol. The summed E-state index contributed by atoms with van der Waals surface area (Å²) in [6, 6.07) is 0.766. The van der Waals surface area contributed by atoms with Crippen molar-refractivity contribution >= 4 is 0 Å². The molecule has 0 aromatic rings. The first kappa shape index (κ1) is 13.8. The normalized spacial score (nSPS) is 43.7. The largest absolute Gasteiger partial charge is 0.378 e. The molecule has 3 nitrogen and oxygen atoms in total. The smallest absolute Gasteiger partial charge is 0.0939 e. The molecule has 1 N–H and O–H groups in total. The Hall–Kier alpha value is -0.120. The van der Waals surface area contributed by atoms with E-state index in [2.05, 4.69) is 12.2 Å². The van der Waals surface area contributed by atoms with E-state index in [9.17, 15) is 0 Å². The molecule has 19 heavy (non-hydrogen) atoms. The molecule has 0 bridgehead atoms. The van der Waals surface area contributed by atoms with Crippen molar-refractivity contribution < 1.29 is 9.47 Å². The quantitative estimate of drug-likeness (QED) is 0.853. The van der Waals surface area contributed by atoms with E-state index in [0.29, 0.717) is 0 Å². The van der Waals surface area contributed by atoms with Crippen LogP contribution in [0.2, 0.25) is 0 Å². The van der Waals surface area contributed by atoms with Gasteiger partial charge in [0, 0.05) is 25.7 Å². The lowest BCUT2D eigenvalue weighted by atomic mass is 9.71. The lowest BCUT2D eigenvalue weighted by Crippen LogP contribution is -2.44. The fraction of sp³-hybridized carbons (Fsp3) is 1.00. The summed E-state index contributed by atoms with van der Waals surface area (Å²) in [5.41, 5.74) is 0.0913. The van der Waals surface area contributed by atoms with Gasteiger partial charge in [-0.25, -0.2) is 0 Å². The van der Waals surface area contributed by atoms with Crippen molar-refractivity contribution in [3.05, 3.63) is 0 Å². The van der Waals surface area contributed by atoms with Crippen LogP contribution in [0.5, 0.6) is 0 Å². The lowest BCUT2D eigenvalue weighted by molar-refractivity contribution is -0.109. The Bertz CT molecular complexity index is 286. The summed E-state index contributed by atoms with van der Waals surface area (Å²) in [6.45, 7) is 6.03. The second-order valence-electron chi connectivity index (χ2n) is 6.77. The van der Waals surface area contributed by atoms with Gasteiger partial charge in [0.2, 0.25) is 0 Å². The van der Waals surface area contributed by atoms with E-state index in [-0.39, 0.29) is 5.60 Å². The monoisotopic (exact) mass is 267 g/mol. The van der Waals surface area contributed by atoms with Gasteiger partial charge in [0.15, 0.2) is 0 Å². The number of hydrogen-bond donors (Lipinski definition) is 1. The third kappa shape index (κ3) is 3.14. The van der Waals surface area contributed by atoms with Crippen LogP contribution in [0, 0.1) is 11.8 Å². The highest BCUT2D eigenvalue weighted by molar-refractivity contribution is 4.93. The molecule has 0 amide bonds. The Morgan fingerprint density at radius 2 is 2.11 bits per heavy atom. The van der Waals surface area contributed by atoms with E-state index >= 15 is 0 Å². The molecular formula is C16H29NO2. The second-order valence-corrected chi connectivity index (χ2v) is 6.77. The molecule has 3 fully saturated rings. The highest BCUT2D eigenvalue weighted by atomic mass is 16.6. The molecule has 1 spiro atoms. The molecular weight excluding hydrogens is 238 g/mol. The van der Waals surface area contributed by atoms with E-state index in [1.54, 1.807) is 0 Å². The van der Waals surface area contributed by atoms with Gasteiger partial charge < -0.3 is 14.8 Å². The van der Waals surface area contributed by atoms with Crippen molar-refractivity contribution in [1.29, 1.82) is 0 Å². The first-order valence-corrected chi connectivity index (χ1v) is 8.26. The van der Waals surface area contributed by atoms with E-state index in [4.69, 9.17) is 9.47 Å². The minimum Gasteiger partial charge on any atom is -0.378 e. The van der Waals surface area contributed by atoms with E-state index < -0.39 is 0 Å². The first-order chi connectivity index (χ1) is 9.31. The van der Waals surface area contributed by atoms with Gasteiger partial charge in [-0.2, -0.15) is 0 Å². The third-order valence-corrected chi connectivity index (χ3v) is 5.47. The van der Waals surface area contributed by atoms with Crippen LogP contribution >= 0.6 is 0 Å². The van der Waals surface area contributed by atoms with Gasteiger partial charge in [-0.15, -0.1) is 0 Å². The zero-order chi connectivity index (χ0) is 13.1. The highest BCUT2D eigenvalue weighted by Crippen LogP contribution is 2.42. The topological polar surface area (TPSA) is 30.5 Å². The van der Waals surface area contributed by atoms with Crippen molar-refractivity contribution in [1.82, 2.24) is 5.32 Å². The van der Waals surface area contributed by atoms with Crippen molar-refractivity contribution in [3.8, 4) is 0 Å². The Morgan fingerprint density at radius 3 is 2.89 bits per heavy atom. The Labute approximate surface area is 117 Å². The third-order valence-electron chi connectivity index (χ3n) is 5.47. The van der Waals surface area contributed by atoms with Crippen LogP contribution in [-0.4, -0.2) is 38.0 Å². The van der Waals surface area contributed by atoms with Crippen LogP contribution in [0.15, 0.2) is 0 Å². The van der Waals surface area contributed by atoms with Gasteiger partial charge in [0.1, 0.15) is 0 Å². The number of ether oxygens (including phenoxy) is 2. The molecule has 2 aliphatic heterocycles. The SMILES string of the molecule is CCNC1CCCC(C2CCOC3(CCOC3)C2)C1. The molecule has 0 radical (unpaired) electrons. The average Bonchev–Trinajstić information content (AvgIpc) is 2.87. The molecule has 0 aromatic carbocycles. The number of nitrogens with one attached hydrogen (secondary N) is 1. The van der Waals surface area contributed by atoms with Gasteiger partial charge in [-0.05, 0) is 44.1 Å². The zero-order valence-corrected chi connectivity index (χ0v) is 12.3. The summed E-state index contributed by atoms with van der Waals surface area (Å²) in [5.74, 6) is 1.79. The zero-order valence-electron chi connectivity index (χ0n) is 12.3. The Morgan fingerprint density at radius 1 is 1.16 bits per heavy atom. The second kappa shape index (κ2) is 6.11. The van der Waals surface area contributed by atoms with Crippen molar-refractivity contribution in [2.24, 2.45) is 11.8 Å². The highest BCUT2D eigenvalue weighted by Gasteiger charge is 2.43. The van der Waals surface area contributed by atoms with Gasteiger partial charge in [0.05, 0.1) is 12.2 Å². The summed E-state index contributed by atoms with van der Waals surface area (Å²) < 4.78 is 11.7. The summed E-state index contributed by atoms with van der Waals surface area (Å²) in [4.78, 5) is 0. The van der Waals surface area contributed by atoms with Crippen molar-refractivity contribution in [3.63, 3.8) is 0 Å². The number of rotatable bonds is 3. The van der Waals surface area contributed by atoms with Crippen LogP contribution in [0.1, 0.15) is 51.9 Å². The molecule has 4 unspecified atom stereocenters. The first-order valence-electron chi connectivity index (χ1n) is 8.26. The summed E-state index contributed by atoms with van der Waals surface area (Å²) in [7, 11) is 0. The molecule has 0 aromatic heterocycles. The molecule has 3 heteroatoms. The van der Waals surface area contributed by atoms with E-state index in [0.717, 1.165) is 50.7 Å². The minimum atomic E-state index is 0.0913. The van der Waals surface area contributed by atoms with Crippen LogP contribution < -0.4 is 5.32 Å². The van der Waals surface area contributed by atoms with Gasteiger partial charge >= 0.3 is 0 Å². The summed E-state index contributed by atoms with van der Waals surface area (Å²) in [5, 5.41) is 3.66. The Kier molecular flexibility index (Phi) is 4.45. The van der Waals surface area contributed by atoms with E-state index in [1.807, 2.05) is 0 Å². The molecule has 110 valence electrons. The molecule has 1 aliphatic carbocycles. The molecule has 2 heterocycles. The fourth-order valence-corrected chi connectivity index (χ4v) is 4.46. The molecule has 3 aliphatic rings. The molecule has 2 saturated heterocycles. The van der Waals surface area contributed by atoms with Gasteiger partial charge in [-0.1, -0.05) is 19.8 Å². The summed E-state index contributed by atoms with van der Waals surface area (Å²) >= 11 is 0. The lowest BCUT2D eigenvalue weighted by Gasteiger charge is -2.43. The maximum Gasteiger partial charge on any atom is 0.0939 e. The van der Waals surface area contributed by atoms with Crippen LogP contribution in [0.3, 0.4) is 0 Å². The van der Waals surface area contributed by atoms with Gasteiger partial charge in [-0.3, -0.25) is 0 Å². The maximum absolute atomic E-state index is 6.08. The van der Waals surface area contributed by atoms with Crippen LogP contribution in [0.4, 0.5) is 0 Å². The van der Waals surface area contributed by atoms with Crippen molar-refractivity contribution in [2.75, 3.05) is 26.4 Å². The van der Waals surface area contributed by atoms with E-state index in [1.165, 1.54) is 38.5 Å². The van der Waals surface area contributed by atoms with Gasteiger partial charge in [0.25, 0.3) is 0 Å². The predicted octanol–water partition coefficient (Wildman–Crippen LogP) is 2.74. The predicted molar refractivity (Wildman–Crippen MR) is 76.3 cm³/mol. The molecule has 3 rings (SSSR count). The standard InChI is InChI=1S/C16H29NO2/c1-2-17-15-5-3-4-13(10-15)14-6-8-19-16(11-14)7-9-18-12-16/h13-15,17H,2-12H2,1H3. The van der Waals surface area contributed by atoms with Crippen LogP contribution in [-0.2, 0) is 9.47 Å². The molecule has 4 atom stereocenters. The van der Waals surface area contributed by atoms with Crippen LogP contribution in [0.25, 0.3) is 0 Å². The Balaban J connectivity index is 1.58. The minimum absolute atomic E-state index is 0.0913. The maximum atomic E-state index is 6.08. The van der Waals surface area contributed by atoms with Crippen molar-refractivity contribution in [2.45, 2.75) is 63.5 Å². The summed E-state index contributed by atoms with van der Waals surface area (Å²) in [6.07, 6.45) is 9.23. The fourth-order valence-electron chi connectivity index (χ4n) is 4.46.